The molecule has 1 atom stereocenters. The van der Waals surface area contributed by atoms with Crippen LogP contribution >= 0.6 is 23.2 Å². The summed E-state index contributed by atoms with van der Waals surface area (Å²) in [5, 5.41) is 15.2. The van der Waals surface area contributed by atoms with Crippen molar-refractivity contribution in [3.05, 3.63) is 51.9 Å². The van der Waals surface area contributed by atoms with Crippen molar-refractivity contribution in [1.29, 1.82) is 0 Å². The number of halogens is 3. The van der Waals surface area contributed by atoms with E-state index in [4.69, 9.17) is 47.4 Å². The molecule has 2 N–H and O–H groups in total. The van der Waals surface area contributed by atoms with Crippen LogP contribution in [-0.2, 0) is 9.59 Å². The maximum Gasteiger partial charge on any atom is 0.300 e. The SMILES string of the molecule is CC(=O)O.CC(=O)O.O=c1c2c(oc3ccccc13)C=CC(Cl)(Cl)C2F. The fraction of sp³-hybridized carbons (Fsp3) is 0.235. The molecule has 0 spiro atoms. The van der Waals surface area contributed by atoms with Crippen molar-refractivity contribution in [2.75, 3.05) is 0 Å². The molecule has 1 heterocycles. The van der Waals surface area contributed by atoms with Gasteiger partial charge in [-0.25, -0.2) is 4.39 Å². The summed E-state index contributed by atoms with van der Waals surface area (Å²) in [6.07, 6.45) is 0.904. The molecule has 0 aliphatic heterocycles. The van der Waals surface area contributed by atoms with Gasteiger partial charge in [-0.2, -0.15) is 0 Å². The third-order valence-electron chi connectivity index (χ3n) is 2.91. The van der Waals surface area contributed by atoms with E-state index < -0.39 is 27.9 Å². The Morgan fingerprint density at radius 3 is 2.19 bits per heavy atom. The molecule has 140 valence electrons. The lowest BCUT2D eigenvalue weighted by Crippen LogP contribution is -2.27. The minimum atomic E-state index is -1.80. The van der Waals surface area contributed by atoms with E-state index in [0.717, 1.165) is 13.8 Å². The molecular weight excluding hydrogens is 390 g/mol. The normalized spacial score (nSPS) is 16.4. The second-order valence-electron chi connectivity index (χ2n) is 5.11. The van der Waals surface area contributed by atoms with Crippen molar-refractivity contribution in [3.63, 3.8) is 0 Å². The van der Waals surface area contributed by atoms with Gasteiger partial charge in [0.05, 0.1) is 10.9 Å². The number of carboxylic acid groups (broad SMARTS) is 2. The van der Waals surface area contributed by atoms with Crippen LogP contribution in [0.2, 0.25) is 0 Å². The van der Waals surface area contributed by atoms with Crippen molar-refractivity contribution in [2.45, 2.75) is 24.4 Å². The molecule has 0 amide bonds. The Hall–Kier alpha value is -2.38. The lowest BCUT2D eigenvalue weighted by Gasteiger charge is -2.24. The molecular formula is C17H15Cl2FO6. The second-order valence-corrected chi connectivity index (χ2v) is 6.56. The van der Waals surface area contributed by atoms with E-state index in [-0.39, 0.29) is 11.3 Å². The number of benzene rings is 1. The summed E-state index contributed by atoms with van der Waals surface area (Å²) in [4.78, 5) is 30.2. The Kier molecular flexibility index (Phi) is 7.35. The Balaban J connectivity index is 0.000000360. The molecule has 0 saturated heterocycles. The van der Waals surface area contributed by atoms with Crippen molar-refractivity contribution in [2.24, 2.45) is 0 Å². The van der Waals surface area contributed by atoms with Crippen LogP contribution in [0.1, 0.15) is 31.3 Å². The van der Waals surface area contributed by atoms with Crippen LogP contribution in [-0.4, -0.2) is 26.5 Å². The highest BCUT2D eigenvalue weighted by atomic mass is 35.5. The van der Waals surface area contributed by atoms with Crippen LogP contribution in [0, 0.1) is 0 Å². The number of para-hydroxylation sites is 1. The fourth-order valence-electron chi connectivity index (χ4n) is 2.00. The zero-order valence-corrected chi connectivity index (χ0v) is 15.2. The minimum Gasteiger partial charge on any atom is -0.481 e. The summed E-state index contributed by atoms with van der Waals surface area (Å²) in [5.74, 6) is -1.50. The standard InChI is InChI=1S/C13H7Cl2FO2.2C2H4O2/c14-13(15)6-5-9-10(12(13)16)11(17)7-3-1-2-4-8(7)18-9;2*1-2(3)4/h1-6,12H;2*1H3,(H,3,4). The molecule has 26 heavy (non-hydrogen) atoms. The third kappa shape index (κ3) is 5.57. The summed E-state index contributed by atoms with van der Waals surface area (Å²) in [7, 11) is 0. The van der Waals surface area contributed by atoms with Gasteiger partial charge in [-0.1, -0.05) is 35.3 Å². The molecule has 1 aromatic heterocycles. The predicted molar refractivity (Wildman–Crippen MR) is 96.4 cm³/mol. The fourth-order valence-corrected chi connectivity index (χ4v) is 2.35. The monoisotopic (exact) mass is 404 g/mol. The highest BCUT2D eigenvalue weighted by molar-refractivity contribution is 6.50. The first-order valence-corrected chi connectivity index (χ1v) is 7.89. The van der Waals surface area contributed by atoms with Crippen LogP contribution in [0.3, 0.4) is 0 Å². The van der Waals surface area contributed by atoms with Crippen LogP contribution in [0.5, 0.6) is 0 Å². The van der Waals surface area contributed by atoms with Gasteiger partial charge in [-0.05, 0) is 24.3 Å². The first-order valence-electron chi connectivity index (χ1n) is 7.13. The van der Waals surface area contributed by atoms with E-state index in [1.54, 1.807) is 24.3 Å². The van der Waals surface area contributed by atoms with Gasteiger partial charge in [0.25, 0.3) is 11.9 Å². The van der Waals surface area contributed by atoms with E-state index in [2.05, 4.69) is 0 Å². The van der Waals surface area contributed by atoms with Gasteiger partial charge in [0.1, 0.15) is 11.3 Å². The van der Waals surface area contributed by atoms with Gasteiger partial charge in [-0.3, -0.25) is 14.4 Å². The van der Waals surface area contributed by atoms with Crippen LogP contribution in [0.15, 0.2) is 39.6 Å². The van der Waals surface area contributed by atoms with Gasteiger partial charge < -0.3 is 14.6 Å². The second kappa shape index (κ2) is 8.82. The minimum absolute atomic E-state index is 0.124. The molecule has 1 aromatic carbocycles. The van der Waals surface area contributed by atoms with Crippen molar-refractivity contribution in [3.8, 4) is 0 Å². The average Bonchev–Trinajstić information content (AvgIpc) is 2.50. The van der Waals surface area contributed by atoms with Crippen LogP contribution in [0.4, 0.5) is 4.39 Å². The number of rotatable bonds is 0. The first-order chi connectivity index (χ1) is 12.0. The number of allylic oxidation sites excluding steroid dienone is 1. The molecule has 1 aliphatic rings. The summed E-state index contributed by atoms with van der Waals surface area (Å²) >= 11 is 11.6. The van der Waals surface area contributed by atoms with E-state index in [1.165, 1.54) is 12.2 Å². The molecule has 1 aliphatic carbocycles. The molecule has 0 bridgehead atoms. The van der Waals surface area contributed by atoms with Crippen LogP contribution < -0.4 is 5.43 Å². The largest absolute Gasteiger partial charge is 0.481 e. The Morgan fingerprint density at radius 2 is 1.65 bits per heavy atom. The van der Waals surface area contributed by atoms with Gasteiger partial charge in [0.15, 0.2) is 15.9 Å². The maximum absolute atomic E-state index is 14.2. The zero-order chi connectivity index (χ0) is 20.1. The molecule has 6 nitrogen and oxygen atoms in total. The third-order valence-corrected chi connectivity index (χ3v) is 3.55. The number of fused-ring (bicyclic) bond motifs is 2. The Bertz CT molecular complexity index is 884. The first kappa shape index (κ1) is 21.7. The number of carbonyl (C=O) groups is 2. The van der Waals surface area contributed by atoms with Crippen molar-refractivity contribution < 1.29 is 28.6 Å². The van der Waals surface area contributed by atoms with Gasteiger partial charge in [-0.15, -0.1) is 0 Å². The lowest BCUT2D eigenvalue weighted by atomic mass is 9.98. The molecule has 0 radical (unpaired) electrons. The van der Waals surface area contributed by atoms with Gasteiger partial charge >= 0.3 is 0 Å². The summed E-state index contributed by atoms with van der Waals surface area (Å²) in [5.41, 5.74) is -0.148. The lowest BCUT2D eigenvalue weighted by molar-refractivity contribution is -0.135. The zero-order valence-electron chi connectivity index (χ0n) is 13.7. The smallest absolute Gasteiger partial charge is 0.300 e. The molecule has 9 heteroatoms. The number of carboxylic acids is 2. The quantitative estimate of drug-likeness (QED) is 0.637. The van der Waals surface area contributed by atoms with E-state index in [0.29, 0.717) is 11.0 Å². The molecule has 3 rings (SSSR count). The molecule has 1 unspecified atom stereocenters. The van der Waals surface area contributed by atoms with E-state index in [1.807, 2.05) is 0 Å². The predicted octanol–water partition coefficient (Wildman–Crippen LogP) is 4.19. The maximum atomic E-state index is 14.2. The highest BCUT2D eigenvalue weighted by Gasteiger charge is 2.40. The number of hydrogen-bond donors (Lipinski definition) is 2. The number of aliphatic carboxylic acids is 2. The highest BCUT2D eigenvalue weighted by Crippen LogP contribution is 2.44. The number of alkyl halides is 3. The number of hydrogen-bond acceptors (Lipinski definition) is 4. The Labute approximate surface area is 157 Å². The van der Waals surface area contributed by atoms with Crippen molar-refractivity contribution in [1.82, 2.24) is 0 Å². The molecule has 0 fully saturated rings. The van der Waals surface area contributed by atoms with Crippen molar-refractivity contribution >= 4 is 52.2 Å². The van der Waals surface area contributed by atoms with E-state index in [9.17, 15) is 9.18 Å². The van der Waals surface area contributed by atoms with E-state index >= 15 is 0 Å². The summed E-state index contributed by atoms with van der Waals surface area (Å²) < 4.78 is 17.9. The Morgan fingerprint density at radius 1 is 1.15 bits per heavy atom. The van der Waals surface area contributed by atoms with Gasteiger partial charge in [0.2, 0.25) is 0 Å². The molecule has 0 saturated carbocycles. The van der Waals surface area contributed by atoms with Crippen LogP contribution in [0.25, 0.3) is 17.0 Å². The topological polar surface area (TPSA) is 105 Å². The summed E-state index contributed by atoms with van der Waals surface area (Å²) in [6, 6.07) is 6.66. The summed E-state index contributed by atoms with van der Waals surface area (Å²) in [6.45, 7) is 2.17. The molecule has 2 aromatic rings. The average molecular weight is 405 g/mol. The van der Waals surface area contributed by atoms with Gasteiger partial charge in [0, 0.05) is 13.8 Å².